The Bertz CT molecular complexity index is 851. The van der Waals surface area contributed by atoms with Crippen LogP contribution in [0.25, 0.3) is 0 Å². The van der Waals surface area contributed by atoms with Crippen LogP contribution in [0.4, 0.5) is 8.78 Å². The van der Waals surface area contributed by atoms with Gasteiger partial charge >= 0.3 is 5.97 Å². The van der Waals surface area contributed by atoms with E-state index >= 15 is 0 Å². The Balaban J connectivity index is 1.96. The van der Waals surface area contributed by atoms with Crippen molar-refractivity contribution in [2.75, 3.05) is 27.9 Å². The summed E-state index contributed by atoms with van der Waals surface area (Å²) >= 11 is 0. The fourth-order valence-corrected chi connectivity index (χ4v) is 2.36. The summed E-state index contributed by atoms with van der Waals surface area (Å²) in [5.41, 5.74) is 0.277. The molecule has 0 radical (unpaired) electrons. The van der Waals surface area contributed by atoms with E-state index in [4.69, 9.17) is 18.9 Å². The Morgan fingerprint density at radius 2 is 1.43 bits per heavy atom. The summed E-state index contributed by atoms with van der Waals surface area (Å²) < 4.78 is 46.7. The molecular formula is C19H19F2NO6. The van der Waals surface area contributed by atoms with E-state index in [2.05, 4.69) is 5.32 Å². The Labute approximate surface area is 160 Å². The summed E-state index contributed by atoms with van der Waals surface area (Å²) in [5.74, 6) is -2.09. The van der Waals surface area contributed by atoms with E-state index in [0.29, 0.717) is 28.9 Å². The maximum atomic E-state index is 13.1. The molecule has 0 aromatic heterocycles. The van der Waals surface area contributed by atoms with E-state index < -0.39 is 30.1 Å². The van der Waals surface area contributed by atoms with Gasteiger partial charge in [-0.2, -0.15) is 0 Å². The third-order valence-corrected chi connectivity index (χ3v) is 3.70. The Kier molecular flexibility index (Phi) is 7.14. The molecule has 150 valence electrons. The summed E-state index contributed by atoms with van der Waals surface area (Å²) in [4.78, 5) is 23.7. The first-order valence-electron chi connectivity index (χ1n) is 8.06. The maximum Gasteiger partial charge on any atom is 0.338 e. The van der Waals surface area contributed by atoms with Gasteiger partial charge in [-0.15, -0.1) is 0 Å². The number of benzene rings is 2. The highest BCUT2D eigenvalue weighted by atomic mass is 19.1. The standard InChI is InChI=1S/C19H19F2NO6/c1-25-15-8-17(27-3)16(26-2)6-12(15)9-22-18(23)10-28-19(24)11-4-13(20)7-14(21)5-11/h4-8H,9-10H2,1-3H3,(H,22,23). The largest absolute Gasteiger partial charge is 0.496 e. The van der Waals surface area contributed by atoms with E-state index in [1.54, 1.807) is 12.1 Å². The monoisotopic (exact) mass is 395 g/mol. The van der Waals surface area contributed by atoms with Crippen LogP contribution in [0.3, 0.4) is 0 Å². The van der Waals surface area contributed by atoms with Crippen LogP contribution in [0.15, 0.2) is 30.3 Å². The summed E-state index contributed by atoms with van der Waals surface area (Å²) in [6.07, 6.45) is 0. The topological polar surface area (TPSA) is 83.1 Å². The number of hydrogen-bond acceptors (Lipinski definition) is 6. The lowest BCUT2D eigenvalue weighted by Gasteiger charge is -2.14. The molecule has 7 nitrogen and oxygen atoms in total. The Hall–Kier alpha value is -3.36. The third kappa shape index (κ3) is 5.32. The van der Waals surface area contributed by atoms with Crippen molar-refractivity contribution in [3.8, 4) is 17.2 Å². The average molecular weight is 395 g/mol. The number of ether oxygens (including phenoxy) is 4. The number of esters is 1. The molecule has 0 heterocycles. The van der Waals surface area contributed by atoms with Crippen LogP contribution in [0, 0.1) is 11.6 Å². The molecule has 28 heavy (non-hydrogen) atoms. The van der Waals surface area contributed by atoms with E-state index in [0.717, 1.165) is 12.1 Å². The normalized spacial score (nSPS) is 10.2. The zero-order valence-electron chi connectivity index (χ0n) is 15.5. The predicted molar refractivity (Wildman–Crippen MR) is 94.6 cm³/mol. The number of hydrogen-bond donors (Lipinski definition) is 1. The van der Waals surface area contributed by atoms with Gasteiger partial charge in [0.1, 0.15) is 17.4 Å². The van der Waals surface area contributed by atoms with Gasteiger partial charge in [0.25, 0.3) is 5.91 Å². The average Bonchev–Trinajstić information content (AvgIpc) is 2.68. The molecule has 2 aromatic carbocycles. The maximum absolute atomic E-state index is 13.1. The minimum absolute atomic E-state index is 0.0640. The van der Waals surface area contributed by atoms with E-state index in [-0.39, 0.29) is 12.1 Å². The van der Waals surface area contributed by atoms with Gasteiger partial charge < -0.3 is 24.3 Å². The van der Waals surface area contributed by atoms with Crippen molar-refractivity contribution in [2.45, 2.75) is 6.54 Å². The highest BCUT2D eigenvalue weighted by molar-refractivity contribution is 5.91. The van der Waals surface area contributed by atoms with Gasteiger partial charge in [0.15, 0.2) is 18.1 Å². The number of carbonyl (C=O) groups is 2. The van der Waals surface area contributed by atoms with Gasteiger partial charge in [0, 0.05) is 24.2 Å². The SMILES string of the molecule is COc1cc(OC)c(OC)cc1CNC(=O)COC(=O)c1cc(F)cc(F)c1. The molecule has 0 fully saturated rings. The second-order valence-corrected chi connectivity index (χ2v) is 5.53. The van der Waals surface area contributed by atoms with Crippen LogP contribution in [-0.4, -0.2) is 39.8 Å². The summed E-state index contributed by atoms with van der Waals surface area (Å²) in [5, 5.41) is 2.55. The molecule has 0 unspecified atom stereocenters. The fourth-order valence-electron chi connectivity index (χ4n) is 2.36. The molecule has 0 aliphatic rings. The van der Waals surface area contributed by atoms with Gasteiger partial charge in [0.2, 0.25) is 0 Å². The van der Waals surface area contributed by atoms with Gasteiger partial charge in [0.05, 0.1) is 26.9 Å². The molecule has 1 amide bonds. The molecule has 0 saturated heterocycles. The van der Waals surface area contributed by atoms with Crippen molar-refractivity contribution in [3.05, 3.63) is 53.1 Å². The molecule has 1 N–H and O–H groups in total. The van der Waals surface area contributed by atoms with Crippen molar-refractivity contribution >= 4 is 11.9 Å². The van der Waals surface area contributed by atoms with Crippen molar-refractivity contribution in [1.29, 1.82) is 0 Å². The molecule has 0 aliphatic heterocycles. The first-order chi connectivity index (χ1) is 13.4. The molecule has 9 heteroatoms. The van der Waals surface area contributed by atoms with Crippen LogP contribution in [0.2, 0.25) is 0 Å². The summed E-state index contributed by atoms with van der Waals surface area (Å²) in [6.45, 7) is -0.554. The first kappa shape index (κ1) is 20.9. The van der Waals surface area contributed by atoms with E-state index in [1.807, 2.05) is 0 Å². The summed E-state index contributed by atoms with van der Waals surface area (Å²) in [7, 11) is 4.42. The first-order valence-corrected chi connectivity index (χ1v) is 8.06. The van der Waals surface area contributed by atoms with Crippen LogP contribution < -0.4 is 19.5 Å². The lowest BCUT2D eigenvalue weighted by molar-refractivity contribution is -0.124. The van der Waals surface area contributed by atoms with Crippen molar-refractivity contribution < 1.29 is 37.3 Å². The van der Waals surface area contributed by atoms with Crippen LogP contribution >= 0.6 is 0 Å². The fraction of sp³-hybridized carbons (Fsp3) is 0.263. The molecule has 0 atom stereocenters. The van der Waals surface area contributed by atoms with Gasteiger partial charge in [-0.1, -0.05) is 0 Å². The highest BCUT2D eigenvalue weighted by Gasteiger charge is 2.15. The minimum Gasteiger partial charge on any atom is -0.496 e. The molecule has 0 spiro atoms. The van der Waals surface area contributed by atoms with Gasteiger partial charge in [-0.25, -0.2) is 13.6 Å². The number of methoxy groups -OCH3 is 3. The van der Waals surface area contributed by atoms with Crippen LogP contribution in [0.5, 0.6) is 17.2 Å². The molecule has 0 saturated carbocycles. The second kappa shape index (κ2) is 9.54. The highest BCUT2D eigenvalue weighted by Crippen LogP contribution is 2.34. The number of nitrogens with one attached hydrogen (secondary N) is 1. The van der Waals surface area contributed by atoms with Gasteiger partial charge in [-0.05, 0) is 18.2 Å². The summed E-state index contributed by atoms with van der Waals surface area (Å²) in [6, 6.07) is 5.51. The lowest BCUT2D eigenvalue weighted by atomic mass is 10.1. The zero-order valence-corrected chi connectivity index (χ0v) is 15.5. The lowest BCUT2D eigenvalue weighted by Crippen LogP contribution is -2.28. The predicted octanol–water partition coefficient (Wildman–Crippen LogP) is 2.46. The number of carbonyl (C=O) groups excluding carboxylic acids is 2. The zero-order chi connectivity index (χ0) is 20.7. The molecular weight excluding hydrogens is 376 g/mol. The van der Waals surface area contributed by atoms with Crippen LogP contribution in [-0.2, 0) is 16.1 Å². The molecule has 0 bridgehead atoms. The van der Waals surface area contributed by atoms with E-state index in [9.17, 15) is 18.4 Å². The van der Waals surface area contributed by atoms with Crippen molar-refractivity contribution in [2.24, 2.45) is 0 Å². The number of amides is 1. The minimum atomic E-state index is -1.02. The van der Waals surface area contributed by atoms with E-state index in [1.165, 1.54) is 21.3 Å². The van der Waals surface area contributed by atoms with Crippen molar-refractivity contribution in [3.63, 3.8) is 0 Å². The van der Waals surface area contributed by atoms with Crippen molar-refractivity contribution in [1.82, 2.24) is 5.32 Å². The molecule has 0 aliphatic carbocycles. The quantitative estimate of drug-likeness (QED) is 0.692. The number of halogens is 2. The Morgan fingerprint density at radius 1 is 0.857 bits per heavy atom. The van der Waals surface area contributed by atoms with Crippen LogP contribution in [0.1, 0.15) is 15.9 Å². The van der Waals surface area contributed by atoms with Gasteiger partial charge in [-0.3, -0.25) is 4.79 Å². The number of rotatable bonds is 8. The Morgan fingerprint density at radius 3 is 2.00 bits per heavy atom. The molecule has 2 rings (SSSR count). The molecule has 2 aromatic rings. The smallest absolute Gasteiger partial charge is 0.338 e. The second-order valence-electron chi connectivity index (χ2n) is 5.53. The third-order valence-electron chi connectivity index (χ3n) is 3.70.